The predicted octanol–water partition coefficient (Wildman–Crippen LogP) is 4.58. The summed E-state index contributed by atoms with van der Waals surface area (Å²) in [6.45, 7) is 7.46. The number of nitrogens with one attached hydrogen (secondary N) is 1. The Labute approximate surface area is 192 Å². The van der Waals surface area contributed by atoms with E-state index in [0.29, 0.717) is 32.1 Å². The Hall–Kier alpha value is -2.24. The van der Waals surface area contributed by atoms with Crippen LogP contribution in [-0.4, -0.2) is 54.0 Å². The number of rotatable bonds is 5. The molecule has 0 spiro atoms. The molecule has 1 fully saturated rings. The second-order valence-corrected chi connectivity index (χ2v) is 9.84. The first-order chi connectivity index (χ1) is 15.2. The number of halogens is 3. The number of thiophene rings is 1. The number of aromatic nitrogens is 2. The minimum Gasteiger partial charge on any atom is -0.355 e. The number of thiazole rings is 1. The van der Waals surface area contributed by atoms with E-state index in [2.05, 4.69) is 39.4 Å². The van der Waals surface area contributed by atoms with Gasteiger partial charge in [0.05, 0.1) is 33.6 Å². The lowest BCUT2D eigenvalue weighted by Crippen LogP contribution is -2.46. The summed E-state index contributed by atoms with van der Waals surface area (Å²) < 4.78 is 41.3. The third-order valence-electron chi connectivity index (χ3n) is 5.50. The molecule has 0 aromatic carbocycles. The minimum atomic E-state index is -4.53. The first-order valence-electron chi connectivity index (χ1n) is 10.3. The number of anilines is 1. The van der Waals surface area contributed by atoms with Gasteiger partial charge in [0.2, 0.25) is 0 Å². The van der Waals surface area contributed by atoms with Gasteiger partial charge in [0.1, 0.15) is 10.8 Å². The van der Waals surface area contributed by atoms with Crippen LogP contribution < -0.4 is 10.2 Å². The highest BCUT2D eigenvalue weighted by Crippen LogP contribution is 2.40. The van der Waals surface area contributed by atoms with Crippen LogP contribution in [-0.2, 0) is 12.7 Å². The zero-order valence-electron chi connectivity index (χ0n) is 18.0. The maximum absolute atomic E-state index is 13.8. The van der Waals surface area contributed by atoms with E-state index in [0.717, 1.165) is 34.6 Å². The smallest absolute Gasteiger partial charge is 0.355 e. The first-order valence-corrected chi connectivity index (χ1v) is 12.1. The molecule has 11 heteroatoms. The number of fused-ring (bicyclic) bond motifs is 1. The Bertz CT molecular complexity index is 1120. The molecule has 172 valence electrons. The van der Waals surface area contributed by atoms with Crippen LogP contribution in [0.15, 0.2) is 16.8 Å². The van der Waals surface area contributed by atoms with Gasteiger partial charge in [0.15, 0.2) is 0 Å². The fraction of sp³-hybridized carbons (Fsp3) is 0.476. The van der Waals surface area contributed by atoms with Gasteiger partial charge in [-0.3, -0.25) is 9.69 Å². The Kier molecular flexibility index (Phi) is 6.42. The van der Waals surface area contributed by atoms with Gasteiger partial charge in [-0.05, 0) is 12.0 Å². The molecule has 4 heterocycles. The summed E-state index contributed by atoms with van der Waals surface area (Å²) >= 11 is 2.54. The summed E-state index contributed by atoms with van der Waals surface area (Å²) in [6.07, 6.45) is -4.53. The second kappa shape index (κ2) is 8.95. The summed E-state index contributed by atoms with van der Waals surface area (Å²) in [5.41, 5.74) is 0.612. The Morgan fingerprint density at radius 3 is 2.47 bits per heavy atom. The van der Waals surface area contributed by atoms with Gasteiger partial charge in [0.25, 0.3) is 5.91 Å². The molecule has 1 amide bonds. The van der Waals surface area contributed by atoms with Crippen LogP contribution in [0.3, 0.4) is 0 Å². The van der Waals surface area contributed by atoms with Crippen molar-refractivity contribution in [3.63, 3.8) is 0 Å². The molecule has 0 bridgehead atoms. The van der Waals surface area contributed by atoms with Crippen LogP contribution in [0, 0.1) is 0 Å². The molecule has 0 unspecified atom stereocenters. The molecular formula is C21H24F3N5OS2. The van der Waals surface area contributed by atoms with Gasteiger partial charge in [-0.15, -0.1) is 22.7 Å². The molecular weight excluding hydrogens is 459 g/mol. The topological polar surface area (TPSA) is 61.4 Å². The van der Waals surface area contributed by atoms with Crippen molar-refractivity contribution < 1.29 is 18.0 Å². The number of hydrogen-bond donors (Lipinski definition) is 1. The third kappa shape index (κ3) is 4.60. The summed E-state index contributed by atoms with van der Waals surface area (Å²) in [5.74, 6) is 0.199. The van der Waals surface area contributed by atoms with Crippen molar-refractivity contribution in [3.8, 4) is 0 Å². The summed E-state index contributed by atoms with van der Waals surface area (Å²) in [7, 11) is 1.45. The second-order valence-electron chi connectivity index (χ2n) is 8.02. The molecule has 32 heavy (non-hydrogen) atoms. The summed E-state index contributed by atoms with van der Waals surface area (Å²) in [6, 6.07) is 1.11. The van der Waals surface area contributed by atoms with E-state index in [1.165, 1.54) is 12.4 Å². The van der Waals surface area contributed by atoms with Gasteiger partial charge in [-0.1, -0.05) is 13.8 Å². The third-order valence-corrected chi connectivity index (χ3v) is 7.36. The van der Waals surface area contributed by atoms with E-state index in [1.54, 1.807) is 11.3 Å². The Morgan fingerprint density at radius 1 is 1.16 bits per heavy atom. The molecule has 0 aliphatic carbocycles. The van der Waals surface area contributed by atoms with Gasteiger partial charge in [-0.2, -0.15) is 13.2 Å². The molecule has 4 rings (SSSR count). The average molecular weight is 484 g/mol. The largest absolute Gasteiger partial charge is 0.417 e. The summed E-state index contributed by atoms with van der Waals surface area (Å²) in [5, 5.41) is 7.05. The highest BCUT2D eigenvalue weighted by atomic mass is 32.1. The number of amides is 1. The van der Waals surface area contributed by atoms with E-state index < -0.39 is 17.6 Å². The quantitative estimate of drug-likeness (QED) is 0.576. The molecule has 1 aliphatic heterocycles. The summed E-state index contributed by atoms with van der Waals surface area (Å²) in [4.78, 5) is 25.4. The van der Waals surface area contributed by atoms with Crippen LogP contribution in [0.25, 0.3) is 10.2 Å². The van der Waals surface area contributed by atoms with E-state index in [-0.39, 0.29) is 21.6 Å². The number of pyridine rings is 1. The molecule has 1 N–H and O–H groups in total. The van der Waals surface area contributed by atoms with Crippen LogP contribution in [0.2, 0.25) is 0 Å². The van der Waals surface area contributed by atoms with Crippen LogP contribution in [0.4, 0.5) is 19.0 Å². The molecule has 6 nitrogen and oxygen atoms in total. The van der Waals surface area contributed by atoms with Gasteiger partial charge in [-0.25, -0.2) is 9.97 Å². The highest BCUT2D eigenvalue weighted by molar-refractivity contribution is 7.17. The Balaban J connectivity index is 1.55. The van der Waals surface area contributed by atoms with Crippen molar-refractivity contribution in [1.29, 1.82) is 0 Å². The predicted molar refractivity (Wildman–Crippen MR) is 122 cm³/mol. The molecule has 3 aromatic rings. The number of alkyl halides is 3. The number of nitrogens with zero attached hydrogens (tertiary/aromatic N) is 4. The molecule has 0 atom stereocenters. The maximum Gasteiger partial charge on any atom is 0.417 e. The molecule has 0 radical (unpaired) electrons. The fourth-order valence-electron chi connectivity index (χ4n) is 3.65. The number of carbonyl (C=O) groups excluding carboxylic acids is 1. The molecule has 3 aromatic heterocycles. The van der Waals surface area contributed by atoms with Crippen LogP contribution in [0.1, 0.15) is 46.4 Å². The SMILES string of the molecule is CNC(=O)c1csc2c(C(F)(F)F)cc(N3CCN(Cc4nc(C(C)C)cs4)CC3)nc12. The molecule has 1 aliphatic rings. The van der Waals surface area contributed by atoms with E-state index in [9.17, 15) is 18.0 Å². The number of piperazine rings is 1. The lowest BCUT2D eigenvalue weighted by Gasteiger charge is -2.35. The van der Waals surface area contributed by atoms with E-state index in [4.69, 9.17) is 0 Å². The van der Waals surface area contributed by atoms with Crippen LogP contribution in [0.5, 0.6) is 0 Å². The first kappa shape index (κ1) is 22.9. The van der Waals surface area contributed by atoms with Crippen molar-refractivity contribution in [2.75, 3.05) is 38.1 Å². The van der Waals surface area contributed by atoms with Gasteiger partial charge < -0.3 is 10.2 Å². The standard InChI is InChI=1S/C21H24F3N5OS2/c1-12(2)15-11-31-17(26-15)9-28-4-6-29(7-5-28)16-8-14(21(22,23)24)19-18(27-16)13(10-32-19)20(30)25-3/h8,10-12H,4-7,9H2,1-3H3,(H,25,30). The lowest BCUT2D eigenvalue weighted by molar-refractivity contribution is -0.136. The Morgan fingerprint density at radius 2 is 1.88 bits per heavy atom. The van der Waals surface area contributed by atoms with E-state index >= 15 is 0 Å². The average Bonchev–Trinajstić information content (AvgIpc) is 3.39. The zero-order valence-corrected chi connectivity index (χ0v) is 19.6. The maximum atomic E-state index is 13.8. The van der Waals surface area contributed by atoms with Crippen molar-refractivity contribution in [1.82, 2.24) is 20.2 Å². The van der Waals surface area contributed by atoms with Crippen molar-refractivity contribution in [3.05, 3.63) is 38.7 Å². The lowest BCUT2D eigenvalue weighted by atomic mass is 10.1. The normalized spacial score (nSPS) is 15.7. The van der Waals surface area contributed by atoms with Gasteiger partial charge >= 0.3 is 6.18 Å². The number of hydrogen-bond acceptors (Lipinski definition) is 7. The number of carbonyl (C=O) groups is 1. The molecule has 0 saturated carbocycles. The van der Waals surface area contributed by atoms with Crippen molar-refractivity contribution >= 4 is 44.6 Å². The fourth-order valence-corrected chi connectivity index (χ4v) is 5.67. The zero-order chi connectivity index (χ0) is 23.0. The monoisotopic (exact) mass is 483 g/mol. The highest BCUT2D eigenvalue weighted by Gasteiger charge is 2.36. The van der Waals surface area contributed by atoms with Crippen molar-refractivity contribution in [2.45, 2.75) is 32.5 Å². The van der Waals surface area contributed by atoms with Crippen LogP contribution >= 0.6 is 22.7 Å². The minimum absolute atomic E-state index is 0.0109. The van der Waals surface area contributed by atoms with E-state index in [1.807, 2.05) is 4.90 Å². The van der Waals surface area contributed by atoms with Gasteiger partial charge in [0, 0.05) is 44.0 Å². The molecule has 1 saturated heterocycles. The van der Waals surface area contributed by atoms with Crippen molar-refractivity contribution in [2.24, 2.45) is 0 Å².